The zero-order valence-corrected chi connectivity index (χ0v) is 9.90. The third-order valence-corrected chi connectivity index (χ3v) is 2.33. The molecule has 0 aromatic carbocycles. The molecule has 1 unspecified atom stereocenters. The molecule has 0 spiro atoms. The highest BCUT2D eigenvalue weighted by Crippen LogP contribution is 2.11. The van der Waals surface area contributed by atoms with Crippen LogP contribution in [-0.2, 0) is 4.74 Å². The SMILES string of the molecule is COCC(N)CN(C)C(=O)c1ccoc1C. The third kappa shape index (κ3) is 3.08. The molecule has 0 saturated heterocycles. The molecule has 0 aliphatic heterocycles. The highest BCUT2D eigenvalue weighted by molar-refractivity contribution is 5.94. The maximum atomic E-state index is 11.9. The van der Waals surface area contributed by atoms with E-state index < -0.39 is 0 Å². The largest absolute Gasteiger partial charge is 0.469 e. The van der Waals surface area contributed by atoms with Gasteiger partial charge in [0, 0.05) is 26.7 Å². The van der Waals surface area contributed by atoms with Crippen molar-refractivity contribution < 1.29 is 13.9 Å². The number of carbonyl (C=O) groups excluding carboxylic acids is 1. The van der Waals surface area contributed by atoms with Crippen LogP contribution in [0.3, 0.4) is 0 Å². The summed E-state index contributed by atoms with van der Waals surface area (Å²) in [5.74, 6) is 0.537. The number of nitrogens with zero attached hydrogens (tertiary/aromatic N) is 1. The Kier molecular flexibility index (Phi) is 4.52. The number of ether oxygens (including phenoxy) is 1. The van der Waals surface area contributed by atoms with Crippen molar-refractivity contribution in [3.63, 3.8) is 0 Å². The summed E-state index contributed by atoms with van der Waals surface area (Å²) in [6.07, 6.45) is 1.51. The van der Waals surface area contributed by atoms with E-state index in [0.717, 1.165) is 0 Å². The van der Waals surface area contributed by atoms with Crippen LogP contribution in [0.2, 0.25) is 0 Å². The van der Waals surface area contributed by atoms with Gasteiger partial charge < -0.3 is 19.8 Å². The van der Waals surface area contributed by atoms with E-state index >= 15 is 0 Å². The van der Waals surface area contributed by atoms with Crippen LogP contribution in [-0.4, -0.2) is 44.2 Å². The van der Waals surface area contributed by atoms with E-state index in [1.165, 1.54) is 6.26 Å². The molecule has 1 rings (SSSR count). The predicted octanol–water partition coefficient (Wildman–Crippen LogP) is 0.634. The number of hydrogen-bond acceptors (Lipinski definition) is 4. The van der Waals surface area contributed by atoms with Gasteiger partial charge in [0.05, 0.1) is 18.4 Å². The molecule has 1 atom stereocenters. The predicted molar refractivity (Wildman–Crippen MR) is 60.3 cm³/mol. The Bertz CT molecular complexity index is 349. The first-order valence-corrected chi connectivity index (χ1v) is 5.10. The molecule has 1 heterocycles. The minimum Gasteiger partial charge on any atom is -0.469 e. The molecule has 2 N–H and O–H groups in total. The molecule has 0 saturated carbocycles. The average Bonchev–Trinajstić information content (AvgIpc) is 2.63. The molecule has 1 aromatic heterocycles. The van der Waals surface area contributed by atoms with Gasteiger partial charge in [0.2, 0.25) is 0 Å². The van der Waals surface area contributed by atoms with Crippen LogP contribution in [0, 0.1) is 6.92 Å². The van der Waals surface area contributed by atoms with E-state index in [1.54, 1.807) is 32.0 Å². The Balaban J connectivity index is 2.58. The second-order valence-electron chi connectivity index (χ2n) is 3.79. The van der Waals surface area contributed by atoms with Crippen LogP contribution in [0.1, 0.15) is 16.1 Å². The van der Waals surface area contributed by atoms with Gasteiger partial charge >= 0.3 is 0 Å². The third-order valence-electron chi connectivity index (χ3n) is 2.33. The van der Waals surface area contributed by atoms with Gasteiger partial charge in [0.15, 0.2) is 0 Å². The van der Waals surface area contributed by atoms with Gasteiger partial charge in [-0.2, -0.15) is 0 Å². The van der Waals surface area contributed by atoms with Crippen LogP contribution >= 0.6 is 0 Å². The van der Waals surface area contributed by atoms with E-state index in [0.29, 0.717) is 24.5 Å². The van der Waals surface area contributed by atoms with Gasteiger partial charge in [0.1, 0.15) is 5.76 Å². The number of carbonyl (C=O) groups is 1. The fraction of sp³-hybridized carbons (Fsp3) is 0.545. The van der Waals surface area contributed by atoms with Gasteiger partial charge in [-0.15, -0.1) is 0 Å². The summed E-state index contributed by atoms with van der Waals surface area (Å²) in [7, 11) is 3.30. The van der Waals surface area contributed by atoms with Crippen molar-refractivity contribution in [3.8, 4) is 0 Å². The standard InChI is InChI=1S/C11H18N2O3/c1-8-10(4-5-16-8)11(14)13(2)6-9(12)7-15-3/h4-5,9H,6-7,12H2,1-3H3. The van der Waals surface area contributed by atoms with Crippen LogP contribution < -0.4 is 5.73 Å². The molecule has 5 nitrogen and oxygen atoms in total. The molecule has 0 aliphatic rings. The first kappa shape index (κ1) is 12.7. The summed E-state index contributed by atoms with van der Waals surface area (Å²) < 4.78 is 10.0. The van der Waals surface area contributed by atoms with Crippen molar-refractivity contribution in [2.45, 2.75) is 13.0 Å². The molecule has 5 heteroatoms. The lowest BCUT2D eigenvalue weighted by atomic mass is 10.2. The van der Waals surface area contributed by atoms with Crippen molar-refractivity contribution >= 4 is 5.91 Å². The summed E-state index contributed by atoms with van der Waals surface area (Å²) in [5, 5.41) is 0. The van der Waals surface area contributed by atoms with Crippen molar-refractivity contribution in [2.24, 2.45) is 5.73 Å². The number of aryl methyl sites for hydroxylation is 1. The van der Waals surface area contributed by atoms with Crippen molar-refractivity contribution in [1.29, 1.82) is 0 Å². The maximum Gasteiger partial charge on any atom is 0.257 e. The molecule has 1 aromatic rings. The summed E-state index contributed by atoms with van der Waals surface area (Å²) >= 11 is 0. The van der Waals surface area contributed by atoms with E-state index in [1.807, 2.05) is 0 Å². The van der Waals surface area contributed by atoms with Crippen molar-refractivity contribution in [2.75, 3.05) is 27.3 Å². The smallest absolute Gasteiger partial charge is 0.257 e. The van der Waals surface area contributed by atoms with Crippen LogP contribution in [0.5, 0.6) is 0 Å². The molecular formula is C11H18N2O3. The summed E-state index contributed by atoms with van der Waals surface area (Å²) in [6, 6.07) is 1.49. The molecule has 0 radical (unpaired) electrons. The van der Waals surface area contributed by atoms with Crippen LogP contribution in [0.25, 0.3) is 0 Å². The molecule has 0 fully saturated rings. The number of amides is 1. The molecular weight excluding hydrogens is 208 g/mol. The summed E-state index contributed by atoms with van der Waals surface area (Å²) in [5.41, 5.74) is 6.35. The first-order valence-electron chi connectivity index (χ1n) is 5.10. The van der Waals surface area contributed by atoms with E-state index in [2.05, 4.69) is 0 Å². The Labute approximate surface area is 95.2 Å². The maximum absolute atomic E-state index is 11.9. The van der Waals surface area contributed by atoms with Gasteiger partial charge in [-0.05, 0) is 13.0 Å². The number of hydrogen-bond donors (Lipinski definition) is 1. The minimum absolute atomic E-state index is 0.0854. The Morgan fingerprint density at radius 3 is 2.88 bits per heavy atom. The molecule has 90 valence electrons. The van der Waals surface area contributed by atoms with Crippen molar-refractivity contribution in [1.82, 2.24) is 4.90 Å². The fourth-order valence-corrected chi connectivity index (χ4v) is 1.51. The number of nitrogens with two attached hydrogens (primary N) is 1. The number of furan rings is 1. The lowest BCUT2D eigenvalue weighted by Gasteiger charge is -2.20. The first-order chi connectivity index (χ1) is 7.56. The van der Waals surface area contributed by atoms with E-state index in [4.69, 9.17) is 14.9 Å². The zero-order chi connectivity index (χ0) is 12.1. The number of rotatable bonds is 5. The van der Waals surface area contributed by atoms with Gasteiger partial charge in [-0.25, -0.2) is 0 Å². The van der Waals surface area contributed by atoms with Gasteiger partial charge in [-0.1, -0.05) is 0 Å². The Hall–Kier alpha value is -1.33. The fourth-order valence-electron chi connectivity index (χ4n) is 1.51. The molecule has 0 aliphatic carbocycles. The second-order valence-corrected chi connectivity index (χ2v) is 3.79. The highest BCUT2D eigenvalue weighted by Gasteiger charge is 2.17. The quantitative estimate of drug-likeness (QED) is 0.799. The summed E-state index contributed by atoms with van der Waals surface area (Å²) in [6.45, 7) is 2.65. The Morgan fingerprint density at radius 2 is 2.38 bits per heavy atom. The Morgan fingerprint density at radius 1 is 1.69 bits per heavy atom. The average molecular weight is 226 g/mol. The van der Waals surface area contributed by atoms with E-state index in [9.17, 15) is 4.79 Å². The molecule has 16 heavy (non-hydrogen) atoms. The second kappa shape index (κ2) is 5.67. The number of likely N-dealkylation sites (N-methyl/N-ethyl adjacent to an activating group) is 1. The summed E-state index contributed by atoms with van der Waals surface area (Å²) in [4.78, 5) is 13.5. The minimum atomic E-state index is -0.175. The lowest BCUT2D eigenvalue weighted by molar-refractivity contribution is 0.0763. The van der Waals surface area contributed by atoms with Crippen LogP contribution in [0.15, 0.2) is 16.7 Å². The van der Waals surface area contributed by atoms with Crippen LogP contribution in [0.4, 0.5) is 0 Å². The monoisotopic (exact) mass is 226 g/mol. The topological polar surface area (TPSA) is 68.7 Å². The van der Waals surface area contributed by atoms with Gasteiger partial charge in [-0.3, -0.25) is 4.79 Å². The van der Waals surface area contributed by atoms with E-state index in [-0.39, 0.29) is 11.9 Å². The normalized spacial score (nSPS) is 12.5. The zero-order valence-electron chi connectivity index (χ0n) is 9.90. The molecule has 1 amide bonds. The highest BCUT2D eigenvalue weighted by atomic mass is 16.5. The van der Waals surface area contributed by atoms with Gasteiger partial charge in [0.25, 0.3) is 5.91 Å². The lowest BCUT2D eigenvalue weighted by Crippen LogP contribution is -2.41. The molecule has 0 bridgehead atoms. The van der Waals surface area contributed by atoms with Crippen molar-refractivity contribution in [3.05, 3.63) is 23.7 Å². The number of methoxy groups -OCH3 is 1.